The van der Waals surface area contributed by atoms with Gasteiger partial charge in [0.25, 0.3) is 11.5 Å². The van der Waals surface area contributed by atoms with Crippen LogP contribution in [0.1, 0.15) is 28.9 Å². The molecule has 0 unspecified atom stereocenters. The molecule has 5 heteroatoms. The Kier molecular flexibility index (Phi) is 3.81. The first-order valence-electron chi connectivity index (χ1n) is 6.25. The number of pyridine rings is 1. The summed E-state index contributed by atoms with van der Waals surface area (Å²) in [6, 6.07) is 3.45. The molecule has 0 saturated carbocycles. The lowest BCUT2D eigenvalue weighted by molar-refractivity contribution is 0.0911. The van der Waals surface area contributed by atoms with Gasteiger partial charge in [-0.25, -0.2) is 0 Å². The molecule has 0 spiro atoms. The normalized spacial score (nSPS) is 20.7. The molecule has 0 aliphatic carbocycles. The third kappa shape index (κ3) is 2.98. The number of nitrogens with one attached hydrogen (secondary N) is 2. The number of rotatable bonds is 2. The number of aryl methyl sites for hydroxylation is 1. The van der Waals surface area contributed by atoms with Gasteiger partial charge < -0.3 is 15.2 Å². The first-order chi connectivity index (χ1) is 8.56. The highest BCUT2D eigenvalue weighted by Crippen LogP contribution is 2.08. The molecule has 18 heavy (non-hydrogen) atoms. The van der Waals surface area contributed by atoms with E-state index < -0.39 is 0 Å². The van der Waals surface area contributed by atoms with Crippen LogP contribution in [-0.4, -0.2) is 42.0 Å². The molecule has 2 N–H and O–H groups in total. The van der Waals surface area contributed by atoms with Crippen molar-refractivity contribution < 1.29 is 4.79 Å². The van der Waals surface area contributed by atoms with Gasteiger partial charge >= 0.3 is 0 Å². The Morgan fingerprint density at radius 3 is 2.94 bits per heavy atom. The smallest absolute Gasteiger partial charge is 0.260 e. The van der Waals surface area contributed by atoms with Crippen molar-refractivity contribution >= 4 is 5.91 Å². The summed E-state index contributed by atoms with van der Waals surface area (Å²) in [7, 11) is 2.04. The molecular formula is C13H19N3O2. The van der Waals surface area contributed by atoms with Crippen LogP contribution in [0.3, 0.4) is 0 Å². The molecule has 5 nitrogen and oxygen atoms in total. The van der Waals surface area contributed by atoms with Crippen LogP contribution < -0.4 is 10.9 Å². The van der Waals surface area contributed by atoms with E-state index in [1.165, 1.54) is 0 Å². The van der Waals surface area contributed by atoms with E-state index in [0.29, 0.717) is 0 Å². The van der Waals surface area contributed by atoms with Gasteiger partial charge in [0.1, 0.15) is 5.56 Å². The van der Waals surface area contributed by atoms with Gasteiger partial charge in [0.05, 0.1) is 0 Å². The van der Waals surface area contributed by atoms with Crippen LogP contribution >= 0.6 is 0 Å². The lowest BCUT2D eigenvalue weighted by Crippen LogP contribution is -2.47. The summed E-state index contributed by atoms with van der Waals surface area (Å²) >= 11 is 0. The fourth-order valence-corrected chi connectivity index (χ4v) is 2.30. The molecule has 1 saturated heterocycles. The van der Waals surface area contributed by atoms with Crippen LogP contribution in [0.15, 0.2) is 16.9 Å². The van der Waals surface area contributed by atoms with Crippen molar-refractivity contribution in [1.29, 1.82) is 0 Å². The first-order valence-corrected chi connectivity index (χ1v) is 6.25. The molecule has 1 aromatic rings. The van der Waals surface area contributed by atoms with Crippen LogP contribution in [-0.2, 0) is 0 Å². The molecule has 2 heterocycles. The summed E-state index contributed by atoms with van der Waals surface area (Å²) in [6.45, 7) is 3.70. The second kappa shape index (κ2) is 5.35. The largest absolute Gasteiger partial charge is 0.348 e. The zero-order chi connectivity index (χ0) is 13.1. The zero-order valence-corrected chi connectivity index (χ0v) is 10.8. The lowest BCUT2D eigenvalue weighted by atomic mass is 10.1. The van der Waals surface area contributed by atoms with Crippen molar-refractivity contribution in [2.24, 2.45) is 0 Å². The van der Waals surface area contributed by atoms with Crippen molar-refractivity contribution in [2.45, 2.75) is 25.8 Å². The van der Waals surface area contributed by atoms with Crippen LogP contribution in [0.4, 0.5) is 0 Å². The number of likely N-dealkylation sites (N-methyl/N-ethyl adjacent to an activating group) is 1. The highest BCUT2D eigenvalue weighted by Gasteiger charge is 2.20. The summed E-state index contributed by atoms with van der Waals surface area (Å²) in [5.41, 5.74) is 0.624. The van der Waals surface area contributed by atoms with Gasteiger partial charge in [-0.3, -0.25) is 9.59 Å². The predicted octanol–water partition coefficient (Wildman–Crippen LogP) is 0.507. The lowest BCUT2D eigenvalue weighted by Gasteiger charge is -2.30. The standard InChI is InChI=1S/C13H19N3O2/c1-9-5-6-11(12(17)14-9)13(18)15-10-4-3-7-16(2)8-10/h5-6,10H,3-4,7-8H2,1-2H3,(H,14,17)(H,15,18)/t10-/m1/s1. The van der Waals surface area contributed by atoms with E-state index in [1.54, 1.807) is 19.1 Å². The number of hydrogen-bond donors (Lipinski definition) is 2. The average Bonchev–Trinajstić information content (AvgIpc) is 2.28. The maximum absolute atomic E-state index is 12.0. The highest BCUT2D eigenvalue weighted by molar-refractivity contribution is 5.94. The molecule has 1 aliphatic heterocycles. The Morgan fingerprint density at radius 2 is 2.28 bits per heavy atom. The van der Waals surface area contributed by atoms with Crippen molar-refractivity contribution in [3.05, 3.63) is 33.7 Å². The number of likely N-dealkylation sites (tertiary alicyclic amines) is 1. The SMILES string of the molecule is Cc1ccc(C(=O)N[C@@H]2CCCN(C)C2)c(=O)[nH]1. The molecule has 0 aromatic carbocycles. The van der Waals surface area contributed by atoms with Crippen molar-refractivity contribution in [2.75, 3.05) is 20.1 Å². The maximum Gasteiger partial charge on any atom is 0.260 e. The van der Waals surface area contributed by atoms with Gasteiger partial charge in [-0.05, 0) is 45.5 Å². The predicted molar refractivity (Wildman–Crippen MR) is 69.8 cm³/mol. The van der Waals surface area contributed by atoms with Crippen LogP contribution in [0, 0.1) is 6.92 Å². The van der Waals surface area contributed by atoms with E-state index in [4.69, 9.17) is 0 Å². The maximum atomic E-state index is 12.0. The third-order valence-electron chi connectivity index (χ3n) is 3.26. The number of aromatic nitrogens is 1. The van der Waals surface area contributed by atoms with Crippen LogP contribution in [0.25, 0.3) is 0 Å². The van der Waals surface area contributed by atoms with Gasteiger partial charge in [-0.1, -0.05) is 0 Å². The fraction of sp³-hybridized carbons (Fsp3) is 0.538. The Balaban J connectivity index is 2.05. The molecule has 1 atom stereocenters. The van der Waals surface area contributed by atoms with Crippen molar-refractivity contribution in [1.82, 2.24) is 15.2 Å². The number of H-pyrrole nitrogens is 1. The first kappa shape index (κ1) is 12.8. The molecule has 1 amide bonds. The summed E-state index contributed by atoms with van der Waals surface area (Å²) in [4.78, 5) is 28.5. The van der Waals surface area contributed by atoms with Crippen LogP contribution in [0.2, 0.25) is 0 Å². The molecule has 2 rings (SSSR count). The minimum Gasteiger partial charge on any atom is -0.348 e. The third-order valence-corrected chi connectivity index (χ3v) is 3.26. The fourth-order valence-electron chi connectivity index (χ4n) is 2.30. The molecule has 1 aliphatic rings. The Bertz CT molecular complexity index is 495. The number of hydrogen-bond acceptors (Lipinski definition) is 3. The Morgan fingerprint density at radius 1 is 1.50 bits per heavy atom. The molecule has 98 valence electrons. The summed E-state index contributed by atoms with van der Waals surface area (Å²) < 4.78 is 0. The molecular weight excluding hydrogens is 230 g/mol. The van der Waals surface area contributed by atoms with E-state index in [9.17, 15) is 9.59 Å². The topological polar surface area (TPSA) is 65.2 Å². The number of amides is 1. The Hall–Kier alpha value is -1.62. The summed E-state index contributed by atoms with van der Waals surface area (Å²) in [5.74, 6) is -0.281. The monoisotopic (exact) mass is 249 g/mol. The zero-order valence-electron chi connectivity index (χ0n) is 10.8. The molecule has 1 fully saturated rings. The second-order valence-electron chi connectivity index (χ2n) is 4.96. The minimum absolute atomic E-state index is 0.136. The summed E-state index contributed by atoms with van der Waals surface area (Å²) in [6.07, 6.45) is 2.05. The van der Waals surface area contributed by atoms with Gasteiger partial charge in [0, 0.05) is 18.3 Å². The van der Waals surface area contributed by atoms with Gasteiger partial charge in [-0.2, -0.15) is 0 Å². The van der Waals surface area contributed by atoms with E-state index >= 15 is 0 Å². The number of carbonyl (C=O) groups excluding carboxylic acids is 1. The molecule has 1 aromatic heterocycles. The van der Waals surface area contributed by atoms with E-state index in [2.05, 4.69) is 15.2 Å². The van der Waals surface area contributed by atoms with Crippen molar-refractivity contribution in [3.8, 4) is 0 Å². The molecule has 0 radical (unpaired) electrons. The van der Waals surface area contributed by atoms with Crippen molar-refractivity contribution in [3.63, 3.8) is 0 Å². The number of aromatic amines is 1. The molecule has 0 bridgehead atoms. The van der Waals surface area contributed by atoms with Crippen LogP contribution in [0.5, 0.6) is 0 Å². The van der Waals surface area contributed by atoms with Gasteiger partial charge in [-0.15, -0.1) is 0 Å². The quantitative estimate of drug-likeness (QED) is 0.802. The average molecular weight is 249 g/mol. The Labute approximate surface area is 106 Å². The van der Waals surface area contributed by atoms with Gasteiger partial charge in [0.15, 0.2) is 0 Å². The van der Waals surface area contributed by atoms with E-state index in [0.717, 1.165) is 31.6 Å². The highest BCUT2D eigenvalue weighted by atomic mass is 16.2. The number of carbonyl (C=O) groups is 1. The van der Waals surface area contributed by atoms with Gasteiger partial charge in [0.2, 0.25) is 0 Å². The number of piperidine rings is 1. The van der Waals surface area contributed by atoms with E-state index in [1.807, 2.05) is 7.05 Å². The minimum atomic E-state index is -0.323. The second-order valence-corrected chi connectivity index (χ2v) is 4.96. The number of nitrogens with zero attached hydrogens (tertiary/aromatic N) is 1. The van der Waals surface area contributed by atoms with E-state index in [-0.39, 0.29) is 23.1 Å². The summed E-state index contributed by atoms with van der Waals surface area (Å²) in [5, 5.41) is 2.93.